The largest absolute Gasteiger partial charge is 0.469 e. The van der Waals surface area contributed by atoms with Gasteiger partial charge < -0.3 is 14.9 Å². The van der Waals surface area contributed by atoms with E-state index in [1.807, 2.05) is 30.4 Å². The predicted octanol–water partition coefficient (Wildman–Crippen LogP) is 4.85. The van der Waals surface area contributed by atoms with Crippen LogP contribution in [0.1, 0.15) is 44.4 Å². The van der Waals surface area contributed by atoms with Gasteiger partial charge in [0, 0.05) is 34.3 Å². The third kappa shape index (κ3) is 6.19. The van der Waals surface area contributed by atoms with Crippen LogP contribution in [0, 0.1) is 17.3 Å². The number of methoxy groups -OCH3 is 1. The Morgan fingerprint density at radius 2 is 2.03 bits per heavy atom. The number of ketones is 1. The first kappa shape index (κ1) is 25.3. The van der Waals surface area contributed by atoms with Gasteiger partial charge in [0.1, 0.15) is 5.78 Å². The maximum atomic E-state index is 13.0. The minimum absolute atomic E-state index is 0.0443. The van der Waals surface area contributed by atoms with Gasteiger partial charge in [-0.15, -0.1) is 11.3 Å². The Labute approximate surface area is 199 Å². The minimum atomic E-state index is -0.825. The summed E-state index contributed by atoms with van der Waals surface area (Å²) in [5.41, 5.74) is -0.825. The van der Waals surface area contributed by atoms with E-state index in [1.54, 1.807) is 31.3 Å². The number of allylic oxidation sites excluding steroid dienone is 2. The molecule has 178 valence electrons. The average Bonchev–Trinajstić information content (AvgIpc) is 3.26. The molecule has 5 nitrogen and oxygen atoms in total. The zero-order valence-electron chi connectivity index (χ0n) is 19.6. The molecule has 2 aromatic rings. The Hall–Kier alpha value is -2.28. The Bertz CT molecular complexity index is 985. The molecule has 1 heterocycles. The Balaban J connectivity index is 1.61. The van der Waals surface area contributed by atoms with E-state index >= 15 is 0 Å². The lowest BCUT2D eigenvalue weighted by Gasteiger charge is -2.22. The number of rotatable bonds is 10. The standard InChI is InChI=1S/C27H34O5S/c1-27(2)25(30)21(11-6-4-5-7-13-24(29)32-3)22(26(27)31)15-14-19(28)17-20-16-18-10-8-9-12-23(18)33-20/h4,6,8-10,12,14-16,19,21-22,26,28,31H,5,7,11,13,17H2,1-3H3/t19?,21-,22-,26+/m1/s1. The van der Waals surface area contributed by atoms with E-state index in [0.29, 0.717) is 25.7 Å². The maximum absolute atomic E-state index is 13.0. The third-order valence-corrected chi connectivity index (χ3v) is 7.66. The number of carbonyl (C=O) groups is 2. The zero-order chi connectivity index (χ0) is 24.0. The molecule has 6 heteroatoms. The number of hydrogen-bond donors (Lipinski definition) is 2. The SMILES string of the molecule is COC(=O)CCCC=CC[C@H]1C(=O)C(C)(C)[C@@H](O)[C@@H]1C=CC(O)Cc1cc2ccccc2s1. The second-order valence-corrected chi connectivity index (χ2v) is 10.5. The molecular formula is C27H34O5S. The summed E-state index contributed by atoms with van der Waals surface area (Å²) in [6.07, 6.45) is 8.84. The lowest BCUT2D eigenvalue weighted by molar-refractivity contribution is -0.140. The van der Waals surface area contributed by atoms with Crippen LogP contribution in [-0.2, 0) is 20.7 Å². The molecule has 1 aromatic heterocycles. The fourth-order valence-electron chi connectivity index (χ4n) is 4.50. The number of aliphatic hydroxyl groups excluding tert-OH is 2. The average molecular weight is 471 g/mol. The fraction of sp³-hybridized carbons (Fsp3) is 0.481. The van der Waals surface area contributed by atoms with E-state index in [4.69, 9.17) is 0 Å². The summed E-state index contributed by atoms with van der Waals surface area (Å²) in [5.74, 6) is -0.856. The van der Waals surface area contributed by atoms with Crippen molar-refractivity contribution >= 4 is 33.2 Å². The number of thiophene rings is 1. The highest BCUT2D eigenvalue weighted by atomic mass is 32.1. The van der Waals surface area contributed by atoms with E-state index in [0.717, 1.165) is 11.3 Å². The number of carbonyl (C=O) groups excluding carboxylic acids is 2. The molecule has 1 unspecified atom stereocenters. The highest BCUT2D eigenvalue weighted by Gasteiger charge is 2.52. The first-order valence-electron chi connectivity index (χ1n) is 11.5. The van der Waals surface area contributed by atoms with Gasteiger partial charge in [-0.05, 0) is 36.8 Å². The van der Waals surface area contributed by atoms with Gasteiger partial charge in [0.15, 0.2) is 0 Å². The third-order valence-electron chi connectivity index (χ3n) is 6.52. The lowest BCUT2D eigenvalue weighted by atomic mass is 9.86. The van der Waals surface area contributed by atoms with Crippen molar-refractivity contribution in [1.82, 2.24) is 0 Å². The van der Waals surface area contributed by atoms with Crippen LogP contribution in [0.2, 0.25) is 0 Å². The van der Waals surface area contributed by atoms with E-state index in [1.165, 1.54) is 17.2 Å². The topological polar surface area (TPSA) is 83.8 Å². The van der Waals surface area contributed by atoms with Gasteiger partial charge >= 0.3 is 5.97 Å². The van der Waals surface area contributed by atoms with Crippen molar-refractivity contribution in [3.05, 3.63) is 59.5 Å². The van der Waals surface area contributed by atoms with Gasteiger partial charge in [-0.3, -0.25) is 9.59 Å². The van der Waals surface area contributed by atoms with E-state index in [-0.39, 0.29) is 23.6 Å². The van der Waals surface area contributed by atoms with Crippen LogP contribution < -0.4 is 0 Å². The van der Waals surface area contributed by atoms with Crippen molar-refractivity contribution in [3.63, 3.8) is 0 Å². The van der Waals surface area contributed by atoms with Gasteiger partial charge in [-0.1, -0.05) is 56.4 Å². The molecule has 2 N–H and O–H groups in total. The fourth-order valence-corrected chi connectivity index (χ4v) is 5.61. The van der Waals surface area contributed by atoms with Crippen LogP contribution in [0.3, 0.4) is 0 Å². The van der Waals surface area contributed by atoms with Gasteiger partial charge in [-0.2, -0.15) is 0 Å². The molecule has 0 saturated heterocycles. The van der Waals surface area contributed by atoms with Gasteiger partial charge in [0.25, 0.3) is 0 Å². The predicted molar refractivity (Wildman–Crippen MR) is 132 cm³/mol. The zero-order valence-corrected chi connectivity index (χ0v) is 20.4. The quantitative estimate of drug-likeness (QED) is 0.295. The summed E-state index contributed by atoms with van der Waals surface area (Å²) in [6, 6.07) is 10.2. The smallest absolute Gasteiger partial charge is 0.305 e. The van der Waals surface area contributed by atoms with E-state index in [2.05, 4.69) is 22.9 Å². The lowest BCUT2D eigenvalue weighted by Crippen LogP contribution is -2.31. The molecule has 3 rings (SSSR count). The van der Waals surface area contributed by atoms with E-state index < -0.39 is 17.6 Å². The second kappa shape index (κ2) is 11.2. The summed E-state index contributed by atoms with van der Waals surface area (Å²) < 4.78 is 5.83. The Kier molecular flexibility index (Phi) is 8.63. The molecular weight excluding hydrogens is 436 g/mol. The van der Waals surface area contributed by atoms with Crippen LogP contribution in [0.5, 0.6) is 0 Å². The molecule has 0 radical (unpaired) electrons. The summed E-state index contributed by atoms with van der Waals surface area (Å²) in [7, 11) is 1.38. The van der Waals surface area contributed by atoms with Crippen LogP contribution in [0.4, 0.5) is 0 Å². The Morgan fingerprint density at radius 3 is 2.76 bits per heavy atom. The summed E-state index contributed by atoms with van der Waals surface area (Å²) >= 11 is 1.67. The van der Waals surface area contributed by atoms with Crippen molar-refractivity contribution in [2.45, 2.75) is 58.2 Å². The molecule has 0 amide bonds. The molecule has 1 saturated carbocycles. The highest BCUT2D eigenvalue weighted by Crippen LogP contribution is 2.44. The van der Waals surface area contributed by atoms with Crippen LogP contribution in [0.15, 0.2) is 54.6 Å². The van der Waals surface area contributed by atoms with E-state index in [9.17, 15) is 19.8 Å². The summed E-state index contributed by atoms with van der Waals surface area (Å²) in [5, 5.41) is 22.6. The van der Waals surface area contributed by atoms with Crippen molar-refractivity contribution in [3.8, 4) is 0 Å². The molecule has 0 bridgehead atoms. The molecule has 1 fully saturated rings. The second-order valence-electron chi connectivity index (χ2n) is 9.30. The van der Waals surface area contributed by atoms with Crippen LogP contribution in [0.25, 0.3) is 10.1 Å². The number of aliphatic hydroxyl groups is 2. The molecule has 1 aromatic carbocycles. The highest BCUT2D eigenvalue weighted by molar-refractivity contribution is 7.19. The number of ether oxygens (including phenoxy) is 1. The minimum Gasteiger partial charge on any atom is -0.469 e. The molecule has 1 aliphatic carbocycles. The molecule has 4 atom stereocenters. The van der Waals surface area contributed by atoms with Crippen molar-refractivity contribution < 1.29 is 24.5 Å². The normalized spacial score (nSPS) is 23.7. The van der Waals surface area contributed by atoms with Gasteiger partial charge in [-0.25, -0.2) is 0 Å². The number of benzene rings is 1. The first-order valence-corrected chi connectivity index (χ1v) is 12.3. The first-order chi connectivity index (χ1) is 15.7. The number of esters is 1. The van der Waals surface area contributed by atoms with Crippen molar-refractivity contribution in [2.75, 3.05) is 7.11 Å². The molecule has 1 aliphatic rings. The Morgan fingerprint density at radius 1 is 1.27 bits per heavy atom. The monoisotopic (exact) mass is 470 g/mol. The molecule has 33 heavy (non-hydrogen) atoms. The number of hydrogen-bond acceptors (Lipinski definition) is 6. The summed E-state index contributed by atoms with van der Waals surface area (Å²) in [6.45, 7) is 3.57. The van der Waals surface area contributed by atoms with Crippen LogP contribution >= 0.6 is 11.3 Å². The van der Waals surface area contributed by atoms with Gasteiger partial charge in [0.2, 0.25) is 0 Å². The number of fused-ring (bicyclic) bond motifs is 1. The number of unbranched alkanes of at least 4 members (excludes halogenated alkanes) is 1. The number of Topliss-reactive ketones (excluding diaryl/α,β-unsaturated/α-hetero) is 1. The maximum Gasteiger partial charge on any atom is 0.305 e. The van der Waals surface area contributed by atoms with Gasteiger partial charge in [0.05, 0.1) is 24.7 Å². The molecule has 0 spiro atoms. The van der Waals surface area contributed by atoms with Crippen molar-refractivity contribution in [2.24, 2.45) is 17.3 Å². The molecule has 0 aliphatic heterocycles. The van der Waals surface area contributed by atoms with Crippen LogP contribution in [-0.4, -0.2) is 41.3 Å². The van der Waals surface area contributed by atoms with Crippen molar-refractivity contribution in [1.29, 1.82) is 0 Å². The summed E-state index contributed by atoms with van der Waals surface area (Å²) in [4.78, 5) is 25.3.